The third kappa shape index (κ3) is 3.31. The minimum Gasteiger partial charge on any atom is -0.450 e. The zero-order chi connectivity index (χ0) is 16.2. The van der Waals surface area contributed by atoms with E-state index in [1.165, 1.54) is 0 Å². The number of ether oxygens (including phenoxy) is 1. The van der Waals surface area contributed by atoms with Gasteiger partial charge in [0.1, 0.15) is 0 Å². The molecule has 1 aliphatic heterocycles. The fourth-order valence-corrected chi connectivity index (χ4v) is 2.99. The van der Waals surface area contributed by atoms with Crippen LogP contribution in [0.3, 0.4) is 0 Å². The summed E-state index contributed by atoms with van der Waals surface area (Å²) >= 11 is 0. The highest BCUT2D eigenvalue weighted by Crippen LogP contribution is 2.23. The Balaban J connectivity index is 1.71. The van der Waals surface area contributed by atoms with Gasteiger partial charge in [0.15, 0.2) is 0 Å². The van der Waals surface area contributed by atoms with E-state index in [0.717, 1.165) is 24.1 Å². The molecule has 6 nitrogen and oxygen atoms in total. The molecule has 0 radical (unpaired) electrons. The maximum absolute atomic E-state index is 12.2. The van der Waals surface area contributed by atoms with Gasteiger partial charge in [-0.15, -0.1) is 0 Å². The third-order valence-electron chi connectivity index (χ3n) is 4.21. The second-order valence-corrected chi connectivity index (χ2v) is 5.66. The van der Waals surface area contributed by atoms with Gasteiger partial charge in [-0.25, -0.2) is 9.59 Å². The molecule has 0 atom stereocenters. The first-order chi connectivity index (χ1) is 11.2. The molecule has 0 bridgehead atoms. The fraction of sp³-hybridized carbons (Fsp3) is 0.412. The fourth-order valence-electron chi connectivity index (χ4n) is 2.99. The van der Waals surface area contributed by atoms with Crippen LogP contribution in [0.1, 0.15) is 25.8 Å². The molecule has 1 amide bonds. The normalized spacial score (nSPS) is 15.6. The van der Waals surface area contributed by atoms with Crippen LogP contribution in [0.2, 0.25) is 0 Å². The standard InChI is InChI=1S/C17H21N3O3/c1-2-23-17(22)19-10-8-14(9-11-19)20-12-15(18-16(20)21)13-6-4-3-5-7-13/h3-7,12,14H,2,8-11H2,1H3,(H,18,21). The Morgan fingerprint density at radius 1 is 1.26 bits per heavy atom. The number of carbonyl (C=O) groups excluding carboxylic acids is 1. The molecule has 23 heavy (non-hydrogen) atoms. The maximum Gasteiger partial charge on any atom is 0.409 e. The first-order valence-electron chi connectivity index (χ1n) is 7.97. The number of nitrogens with zero attached hydrogens (tertiary/aromatic N) is 2. The number of carbonyl (C=O) groups is 1. The summed E-state index contributed by atoms with van der Waals surface area (Å²) in [5.74, 6) is 0. The molecule has 1 N–H and O–H groups in total. The summed E-state index contributed by atoms with van der Waals surface area (Å²) in [6.45, 7) is 3.41. The van der Waals surface area contributed by atoms with Crippen LogP contribution in [0.4, 0.5) is 4.79 Å². The van der Waals surface area contributed by atoms with Gasteiger partial charge in [0.05, 0.1) is 12.3 Å². The third-order valence-corrected chi connectivity index (χ3v) is 4.21. The molecule has 2 aromatic rings. The molecule has 1 fully saturated rings. The van der Waals surface area contributed by atoms with Crippen LogP contribution >= 0.6 is 0 Å². The number of likely N-dealkylation sites (tertiary alicyclic amines) is 1. The lowest BCUT2D eigenvalue weighted by Gasteiger charge is -2.31. The zero-order valence-corrected chi connectivity index (χ0v) is 13.2. The number of aromatic nitrogens is 2. The minimum absolute atomic E-state index is 0.0987. The van der Waals surface area contributed by atoms with E-state index in [1.807, 2.05) is 36.5 Å². The van der Waals surface area contributed by atoms with Crippen molar-refractivity contribution < 1.29 is 9.53 Å². The van der Waals surface area contributed by atoms with E-state index >= 15 is 0 Å². The van der Waals surface area contributed by atoms with Gasteiger partial charge in [0.25, 0.3) is 0 Å². The Kier molecular flexibility index (Phi) is 4.50. The number of hydrogen-bond acceptors (Lipinski definition) is 3. The average Bonchev–Trinajstić information content (AvgIpc) is 2.98. The van der Waals surface area contributed by atoms with Crippen molar-refractivity contribution in [1.29, 1.82) is 0 Å². The van der Waals surface area contributed by atoms with Gasteiger partial charge >= 0.3 is 11.8 Å². The predicted octanol–water partition coefficient (Wildman–Crippen LogP) is 2.64. The van der Waals surface area contributed by atoms with Crippen molar-refractivity contribution >= 4 is 6.09 Å². The second kappa shape index (κ2) is 6.73. The van der Waals surface area contributed by atoms with Crippen molar-refractivity contribution in [3.8, 4) is 11.3 Å². The number of imidazole rings is 1. The van der Waals surface area contributed by atoms with Crippen molar-refractivity contribution in [2.24, 2.45) is 0 Å². The van der Waals surface area contributed by atoms with Crippen LogP contribution in [0, 0.1) is 0 Å². The summed E-state index contributed by atoms with van der Waals surface area (Å²) in [6.07, 6.45) is 3.12. The van der Waals surface area contributed by atoms with Gasteiger partial charge in [-0.2, -0.15) is 0 Å². The number of hydrogen-bond donors (Lipinski definition) is 1. The van der Waals surface area contributed by atoms with Crippen LogP contribution in [-0.4, -0.2) is 40.2 Å². The van der Waals surface area contributed by atoms with E-state index in [0.29, 0.717) is 19.7 Å². The summed E-state index contributed by atoms with van der Waals surface area (Å²) in [6, 6.07) is 9.90. The Hall–Kier alpha value is -2.50. The zero-order valence-electron chi connectivity index (χ0n) is 13.2. The van der Waals surface area contributed by atoms with Crippen molar-refractivity contribution in [3.05, 3.63) is 47.0 Å². The lowest BCUT2D eigenvalue weighted by atomic mass is 10.1. The van der Waals surface area contributed by atoms with Gasteiger partial charge in [-0.1, -0.05) is 30.3 Å². The molecule has 0 aliphatic carbocycles. The molecule has 122 valence electrons. The van der Waals surface area contributed by atoms with E-state index in [1.54, 1.807) is 16.4 Å². The Morgan fingerprint density at radius 3 is 2.61 bits per heavy atom. The topological polar surface area (TPSA) is 67.3 Å². The van der Waals surface area contributed by atoms with Crippen molar-refractivity contribution in [1.82, 2.24) is 14.5 Å². The van der Waals surface area contributed by atoms with Crippen molar-refractivity contribution in [2.75, 3.05) is 19.7 Å². The summed E-state index contributed by atoms with van der Waals surface area (Å²) in [5.41, 5.74) is 1.72. The van der Waals surface area contributed by atoms with Gasteiger partial charge in [0, 0.05) is 25.3 Å². The highest BCUT2D eigenvalue weighted by molar-refractivity contribution is 5.67. The lowest BCUT2D eigenvalue weighted by molar-refractivity contribution is 0.0924. The predicted molar refractivity (Wildman–Crippen MR) is 87.4 cm³/mol. The molecule has 1 aromatic heterocycles. The molecular formula is C17H21N3O3. The van der Waals surface area contributed by atoms with Gasteiger partial charge < -0.3 is 14.6 Å². The maximum atomic E-state index is 12.2. The summed E-state index contributed by atoms with van der Waals surface area (Å²) < 4.78 is 6.78. The first-order valence-corrected chi connectivity index (χ1v) is 7.97. The molecule has 1 aliphatic rings. The van der Waals surface area contributed by atoms with Gasteiger partial charge in [-0.3, -0.25) is 4.57 Å². The SMILES string of the molecule is CCOC(=O)N1CCC(n2cc(-c3ccccc3)[nH]c2=O)CC1. The second-order valence-electron chi connectivity index (χ2n) is 5.66. The first kappa shape index (κ1) is 15.4. The summed E-state index contributed by atoms with van der Waals surface area (Å²) in [7, 11) is 0. The number of aromatic amines is 1. The highest BCUT2D eigenvalue weighted by atomic mass is 16.6. The van der Waals surface area contributed by atoms with Crippen LogP contribution < -0.4 is 5.69 Å². The van der Waals surface area contributed by atoms with Crippen molar-refractivity contribution in [2.45, 2.75) is 25.8 Å². The Morgan fingerprint density at radius 2 is 1.96 bits per heavy atom. The highest BCUT2D eigenvalue weighted by Gasteiger charge is 2.25. The molecule has 2 heterocycles. The Bertz CT molecular complexity index is 712. The minimum atomic E-state index is -0.266. The number of amides is 1. The summed E-state index contributed by atoms with van der Waals surface area (Å²) in [4.78, 5) is 28.6. The molecule has 3 rings (SSSR count). The van der Waals surface area contributed by atoms with E-state index in [4.69, 9.17) is 4.74 Å². The molecule has 1 aromatic carbocycles. The van der Waals surface area contributed by atoms with E-state index in [9.17, 15) is 9.59 Å². The van der Waals surface area contributed by atoms with Crippen LogP contribution in [0.15, 0.2) is 41.3 Å². The molecule has 0 unspecified atom stereocenters. The molecule has 0 saturated carbocycles. The van der Waals surface area contributed by atoms with Crippen LogP contribution in [0.5, 0.6) is 0 Å². The number of benzene rings is 1. The quantitative estimate of drug-likeness (QED) is 0.947. The summed E-state index contributed by atoms with van der Waals surface area (Å²) in [5, 5.41) is 0. The molecule has 6 heteroatoms. The van der Waals surface area contributed by atoms with Crippen LogP contribution in [-0.2, 0) is 4.74 Å². The number of piperidine rings is 1. The van der Waals surface area contributed by atoms with Gasteiger partial charge in [-0.05, 0) is 25.3 Å². The number of nitrogens with one attached hydrogen (secondary N) is 1. The van der Waals surface area contributed by atoms with Crippen molar-refractivity contribution in [3.63, 3.8) is 0 Å². The molecule has 1 saturated heterocycles. The van der Waals surface area contributed by atoms with E-state index in [2.05, 4.69) is 4.98 Å². The Labute approximate surface area is 134 Å². The lowest BCUT2D eigenvalue weighted by Crippen LogP contribution is -2.40. The largest absolute Gasteiger partial charge is 0.450 e. The average molecular weight is 315 g/mol. The van der Waals surface area contributed by atoms with E-state index in [-0.39, 0.29) is 17.8 Å². The molecular weight excluding hydrogens is 294 g/mol. The smallest absolute Gasteiger partial charge is 0.409 e. The van der Waals surface area contributed by atoms with Crippen LogP contribution in [0.25, 0.3) is 11.3 Å². The van der Waals surface area contributed by atoms with E-state index < -0.39 is 0 Å². The number of H-pyrrole nitrogens is 1. The molecule has 0 spiro atoms. The van der Waals surface area contributed by atoms with Gasteiger partial charge in [0.2, 0.25) is 0 Å². The number of rotatable bonds is 3. The monoisotopic (exact) mass is 315 g/mol.